The van der Waals surface area contributed by atoms with E-state index in [4.69, 9.17) is 10.2 Å². The van der Waals surface area contributed by atoms with Crippen LogP contribution < -0.4 is 11.1 Å². The number of hydrogen-bond acceptors (Lipinski definition) is 4. The number of amides is 1. The first-order valence-electron chi connectivity index (χ1n) is 6.85. The van der Waals surface area contributed by atoms with E-state index in [2.05, 4.69) is 10.2 Å². The largest absolute Gasteiger partial charge is 0.467 e. The highest BCUT2D eigenvalue weighted by molar-refractivity contribution is 5.78. The lowest BCUT2D eigenvalue weighted by molar-refractivity contribution is -0.123. The van der Waals surface area contributed by atoms with E-state index in [1.165, 1.54) is 12.8 Å². The lowest BCUT2D eigenvalue weighted by Gasteiger charge is -2.26. The minimum absolute atomic E-state index is 0.00509. The minimum Gasteiger partial charge on any atom is -0.467 e. The Morgan fingerprint density at radius 1 is 1.63 bits per heavy atom. The normalized spacial score (nSPS) is 18.3. The second-order valence-electron chi connectivity index (χ2n) is 5.36. The number of rotatable bonds is 7. The molecule has 2 rings (SSSR count). The van der Waals surface area contributed by atoms with Crippen LogP contribution in [0.3, 0.4) is 0 Å². The van der Waals surface area contributed by atoms with E-state index in [0.717, 1.165) is 5.76 Å². The van der Waals surface area contributed by atoms with Crippen molar-refractivity contribution >= 4 is 5.91 Å². The third-order valence-corrected chi connectivity index (χ3v) is 3.71. The Labute approximate surface area is 114 Å². The smallest absolute Gasteiger partial charge is 0.234 e. The van der Waals surface area contributed by atoms with E-state index in [0.29, 0.717) is 25.0 Å². The van der Waals surface area contributed by atoms with E-state index in [-0.39, 0.29) is 11.9 Å². The van der Waals surface area contributed by atoms with Gasteiger partial charge in [-0.15, -0.1) is 0 Å². The Kier molecular flexibility index (Phi) is 4.61. The topological polar surface area (TPSA) is 71.5 Å². The molecule has 1 saturated carbocycles. The zero-order valence-corrected chi connectivity index (χ0v) is 11.6. The molecule has 1 aromatic rings. The first-order chi connectivity index (χ1) is 9.11. The summed E-state index contributed by atoms with van der Waals surface area (Å²) < 4.78 is 5.27. The number of hydrogen-bond donors (Lipinski definition) is 2. The van der Waals surface area contributed by atoms with Crippen LogP contribution in [0.5, 0.6) is 0 Å². The van der Waals surface area contributed by atoms with E-state index in [1.54, 1.807) is 6.26 Å². The van der Waals surface area contributed by atoms with Gasteiger partial charge >= 0.3 is 0 Å². The van der Waals surface area contributed by atoms with Gasteiger partial charge in [0.2, 0.25) is 5.91 Å². The summed E-state index contributed by atoms with van der Waals surface area (Å²) in [4.78, 5) is 14.0. The molecule has 1 aromatic heterocycles. The lowest BCUT2D eigenvalue weighted by atomic mass is 10.1. The number of nitrogens with one attached hydrogen (secondary N) is 1. The van der Waals surface area contributed by atoms with Crippen molar-refractivity contribution in [3.05, 3.63) is 24.2 Å². The standard InChI is InChI=1S/C14H23N3O2/c1-10(13-4-3-7-19-13)16-14(18)9-17(2)12(8-15)11-5-6-11/h3-4,7,10-12H,5-6,8-9,15H2,1-2H3,(H,16,18). The first-order valence-corrected chi connectivity index (χ1v) is 6.85. The maximum absolute atomic E-state index is 12.0. The van der Waals surface area contributed by atoms with Gasteiger partial charge in [-0.2, -0.15) is 0 Å². The van der Waals surface area contributed by atoms with E-state index in [1.807, 2.05) is 26.1 Å². The van der Waals surface area contributed by atoms with Gasteiger partial charge in [0.15, 0.2) is 0 Å². The molecule has 3 N–H and O–H groups in total. The number of carbonyl (C=O) groups excluding carboxylic acids is 1. The molecule has 2 atom stereocenters. The van der Waals surface area contributed by atoms with E-state index >= 15 is 0 Å². The van der Waals surface area contributed by atoms with Gasteiger partial charge in [0.1, 0.15) is 5.76 Å². The van der Waals surface area contributed by atoms with Gasteiger partial charge in [-0.25, -0.2) is 0 Å². The summed E-state index contributed by atoms with van der Waals surface area (Å²) in [5.41, 5.74) is 5.78. The zero-order valence-electron chi connectivity index (χ0n) is 11.6. The van der Waals surface area contributed by atoms with Crippen molar-refractivity contribution in [3.63, 3.8) is 0 Å². The van der Waals surface area contributed by atoms with Crippen molar-refractivity contribution in [2.45, 2.75) is 31.8 Å². The molecule has 1 amide bonds. The van der Waals surface area contributed by atoms with Crippen LogP contribution in [0.1, 0.15) is 31.6 Å². The third-order valence-electron chi connectivity index (χ3n) is 3.71. The fourth-order valence-electron chi connectivity index (χ4n) is 2.45. The SMILES string of the molecule is CC(NC(=O)CN(C)C(CN)C1CC1)c1ccco1. The molecule has 5 nitrogen and oxygen atoms in total. The predicted molar refractivity (Wildman–Crippen MR) is 73.5 cm³/mol. The van der Waals surface area contributed by atoms with Gasteiger partial charge in [-0.1, -0.05) is 0 Å². The van der Waals surface area contributed by atoms with Crippen LogP contribution in [0.15, 0.2) is 22.8 Å². The van der Waals surface area contributed by atoms with Crippen LogP contribution in [-0.4, -0.2) is 37.0 Å². The maximum atomic E-state index is 12.0. The lowest BCUT2D eigenvalue weighted by Crippen LogP contribution is -2.45. The predicted octanol–water partition coefficient (Wildman–Crippen LogP) is 1.13. The average molecular weight is 265 g/mol. The number of carbonyl (C=O) groups is 1. The van der Waals surface area contributed by atoms with E-state index in [9.17, 15) is 4.79 Å². The molecule has 1 aliphatic carbocycles. The van der Waals surface area contributed by atoms with Gasteiger partial charge in [0.25, 0.3) is 0 Å². The van der Waals surface area contributed by atoms with Crippen molar-refractivity contribution in [1.82, 2.24) is 10.2 Å². The molecule has 0 aliphatic heterocycles. The molecule has 0 saturated heterocycles. The van der Waals surface area contributed by atoms with Crippen LogP contribution >= 0.6 is 0 Å². The highest BCUT2D eigenvalue weighted by Crippen LogP contribution is 2.34. The number of likely N-dealkylation sites (N-methyl/N-ethyl adjacent to an activating group) is 1. The molecule has 5 heteroatoms. The summed E-state index contributed by atoms with van der Waals surface area (Å²) in [6.07, 6.45) is 4.08. The second-order valence-corrected chi connectivity index (χ2v) is 5.36. The van der Waals surface area contributed by atoms with Crippen LogP contribution in [0.2, 0.25) is 0 Å². The molecular formula is C14H23N3O2. The van der Waals surface area contributed by atoms with Gasteiger partial charge in [0.05, 0.1) is 18.8 Å². The maximum Gasteiger partial charge on any atom is 0.234 e. The summed E-state index contributed by atoms with van der Waals surface area (Å²) in [6, 6.07) is 3.90. The van der Waals surface area contributed by atoms with Crippen LogP contribution in [0, 0.1) is 5.92 Å². The summed E-state index contributed by atoms with van der Waals surface area (Å²) in [5.74, 6) is 1.45. The molecule has 1 fully saturated rings. The molecule has 0 bridgehead atoms. The van der Waals surface area contributed by atoms with Crippen LogP contribution in [-0.2, 0) is 4.79 Å². The monoisotopic (exact) mass is 265 g/mol. The molecule has 0 radical (unpaired) electrons. The third kappa shape index (κ3) is 3.81. The minimum atomic E-state index is -0.104. The Morgan fingerprint density at radius 2 is 2.37 bits per heavy atom. The van der Waals surface area contributed by atoms with Crippen molar-refractivity contribution in [2.75, 3.05) is 20.1 Å². The summed E-state index contributed by atoms with van der Waals surface area (Å²) in [7, 11) is 1.97. The first kappa shape index (κ1) is 14.1. The summed E-state index contributed by atoms with van der Waals surface area (Å²) in [5, 5.41) is 2.94. The molecule has 2 unspecified atom stereocenters. The summed E-state index contributed by atoms with van der Waals surface area (Å²) >= 11 is 0. The summed E-state index contributed by atoms with van der Waals surface area (Å²) in [6.45, 7) is 2.91. The van der Waals surface area contributed by atoms with Crippen molar-refractivity contribution in [1.29, 1.82) is 0 Å². The average Bonchev–Trinajstić information content (AvgIpc) is 3.03. The van der Waals surface area contributed by atoms with Crippen LogP contribution in [0.25, 0.3) is 0 Å². The molecule has 1 heterocycles. The molecule has 19 heavy (non-hydrogen) atoms. The van der Waals surface area contributed by atoms with E-state index < -0.39 is 0 Å². The Morgan fingerprint density at radius 3 is 2.89 bits per heavy atom. The molecular weight excluding hydrogens is 242 g/mol. The molecule has 1 aliphatic rings. The molecule has 0 spiro atoms. The highest BCUT2D eigenvalue weighted by Gasteiger charge is 2.33. The van der Waals surface area contributed by atoms with Crippen molar-refractivity contribution in [2.24, 2.45) is 11.7 Å². The number of nitrogens with two attached hydrogens (primary N) is 1. The van der Waals surface area contributed by atoms with Crippen molar-refractivity contribution in [3.8, 4) is 0 Å². The second kappa shape index (κ2) is 6.21. The van der Waals surface area contributed by atoms with Crippen molar-refractivity contribution < 1.29 is 9.21 Å². The van der Waals surface area contributed by atoms with Gasteiger partial charge < -0.3 is 15.5 Å². The highest BCUT2D eigenvalue weighted by atomic mass is 16.3. The molecule has 106 valence electrons. The van der Waals surface area contributed by atoms with Crippen LogP contribution in [0.4, 0.5) is 0 Å². The van der Waals surface area contributed by atoms with Gasteiger partial charge in [0, 0.05) is 12.6 Å². The van der Waals surface area contributed by atoms with Gasteiger partial charge in [-0.05, 0) is 44.9 Å². The fourth-order valence-corrected chi connectivity index (χ4v) is 2.45. The quantitative estimate of drug-likeness (QED) is 0.775. The Balaban J connectivity index is 1.80. The number of nitrogens with zero attached hydrogens (tertiary/aromatic N) is 1. The zero-order chi connectivity index (χ0) is 13.8. The number of furan rings is 1. The van der Waals surface area contributed by atoms with Gasteiger partial charge in [-0.3, -0.25) is 9.69 Å². The Hall–Kier alpha value is -1.33. The fraction of sp³-hybridized carbons (Fsp3) is 0.643. The molecule has 0 aromatic carbocycles. The Bertz CT molecular complexity index is 401.